The van der Waals surface area contributed by atoms with Crippen LogP contribution < -0.4 is 4.74 Å². The summed E-state index contributed by atoms with van der Waals surface area (Å²) in [6.07, 6.45) is -4.01. The third-order valence-corrected chi connectivity index (χ3v) is 3.99. The average Bonchev–Trinajstić information content (AvgIpc) is 2.55. The Morgan fingerprint density at radius 2 is 1.80 bits per heavy atom. The molecule has 0 N–H and O–H groups in total. The van der Waals surface area contributed by atoms with Gasteiger partial charge in [-0.1, -0.05) is 23.2 Å². The van der Waals surface area contributed by atoms with Gasteiger partial charge < -0.3 is 9.47 Å². The van der Waals surface area contributed by atoms with Gasteiger partial charge in [0, 0.05) is 11.4 Å². The lowest BCUT2D eigenvalue weighted by Crippen LogP contribution is -2.04. The first-order valence-electron chi connectivity index (χ1n) is 7.10. The summed E-state index contributed by atoms with van der Waals surface area (Å²) in [4.78, 5) is 11.2. The Kier molecular flexibility index (Phi) is 6.19. The Balaban J connectivity index is 2.19. The number of hydrogen-bond donors (Lipinski definition) is 0. The van der Waals surface area contributed by atoms with Crippen LogP contribution in [0, 0.1) is 0 Å². The molecule has 0 unspecified atom stereocenters. The van der Waals surface area contributed by atoms with Crippen molar-refractivity contribution in [2.24, 2.45) is 0 Å². The van der Waals surface area contributed by atoms with E-state index in [1.807, 2.05) is 0 Å². The topological polar surface area (TPSA) is 35.5 Å². The van der Waals surface area contributed by atoms with Crippen molar-refractivity contribution in [3.05, 3.63) is 57.6 Å². The van der Waals surface area contributed by atoms with Crippen molar-refractivity contribution in [3.8, 4) is 11.5 Å². The van der Waals surface area contributed by atoms with Gasteiger partial charge in [0.2, 0.25) is 0 Å². The van der Waals surface area contributed by atoms with Gasteiger partial charge in [-0.3, -0.25) is 4.79 Å². The van der Waals surface area contributed by atoms with Crippen molar-refractivity contribution in [3.63, 3.8) is 0 Å². The molecule has 0 amide bonds. The third-order valence-electron chi connectivity index (χ3n) is 3.33. The van der Waals surface area contributed by atoms with Crippen LogP contribution in [-0.4, -0.2) is 13.1 Å². The number of halogens is 5. The van der Waals surface area contributed by atoms with Crippen LogP contribution in [0.25, 0.3) is 0 Å². The zero-order valence-corrected chi connectivity index (χ0v) is 14.5. The van der Waals surface area contributed by atoms with E-state index < -0.39 is 11.7 Å². The number of carbonyl (C=O) groups is 1. The van der Waals surface area contributed by atoms with E-state index in [9.17, 15) is 18.0 Å². The number of carbonyl (C=O) groups excluding carboxylic acids is 1. The highest BCUT2D eigenvalue weighted by atomic mass is 35.5. The van der Waals surface area contributed by atoms with Gasteiger partial charge in [-0.2, -0.15) is 13.2 Å². The van der Waals surface area contributed by atoms with Crippen molar-refractivity contribution in [2.45, 2.75) is 19.0 Å². The molecule has 0 aromatic heterocycles. The SMILES string of the molecule is COC(=O)CCc1cc(Oc2ccc(C(F)(F)F)cc2Cl)ccc1Cl. The zero-order valence-electron chi connectivity index (χ0n) is 13.0. The van der Waals surface area contributed by atoms with E-state index in [-0.39, 0.29) is 23.2 Å². The van der Waals surface area contributed by atoms with Crippen molar-refractivity contribution in [1.29, 1.82) is 0 Å². The maximum Gasteiger partial charge on any atom is 0.416 e. The van der Waals surface area contributed by atoms with Crippen LogP contribution in [0.1, 0.15) is 17.5 Å². The zero-order chi connectivity index (χ0) is 18.6. The van der Waals surface area contributed by atoms with E-state index in [0.717, 1.165) is 18.2 Å². The number of aryl methyl sites for hydroxylation is 1. The standard InChI is InChI=1S/C17H13Cl2F3O3/c1-24-16(23)7-2-10-8-12(4-5-13(10)18)25-15-6-3-11(9-14(15)19)17(20,21)22/h3-6,8-9H,2,7H2,1H3. The van der Waals surface area contributed by atoms with Gasteiger partial charge in [-0.15, -0.1) is 0 Å². The first-order valence-corrected chi connectivity index (χ1v) is 7.86. The van der Waals surface area contributed by atoms with Crippen molar-refractivity contribution < 1.29 is 27.4 Å². The molecule has 0 atom stereocenters. The third kappa shape index (κ3) is 5.28. The highest BCUT2D eigenvalue weighted by Gasteiger charge is 2.31. The van der Waals surface area contributed by atoms with Crippen LogP contribution in [0.5, 0.6) is 11.5 Å². The average molecular weight is 393 g/mol. The summed E-state index contributed by atoms with van der Waals surface area (Å²) < 4.78 is 48.1. The van der Waals surface area contributed by atoms with Crippen molar-refractivity contribution in [2.75, 3.05) is 7.11 Å². The minimum atomic E-state index is -4.48. The fraction of sp³-hybridized carbons (Fsp3) is 0.235. The first-order chi connectivity index (χ1) is 11.7. The van der Waals surface area contributed by atoms with E-state index in [2.05, 4.69) is 4.74 Å². The maximum absolute atomic E-state index is 12.7. The summed E-state index contributed by atoms with van der Waals surface area (Å²) in [6, 6.07) is 7.55. The maximum atomic E-state index is 12.7. The van der Waals surface area contributed by atoms with Crippen LogP contribution in [-0.2, 0) is 22.1 Å². The number of hydrogen-bond acceptors (Lipinski definition) is 3. The molecule has 0 aliphatic carbocycles. The van der Waals surface area contributed by atoms with E-state index in [4.69, 9.17) is 27.9 Å². The lowest BCUT2D eigenvalue weighted by atomic mass is 10.1. The van der Waals surface area contributed by atoms with Gasteiger partial charge in [0.15, 0.2) is 0 Å². The molecule has 3 nitrogen and oxygen atoms in total. The molecule has 0 radical (unpaired) electrons. The van der Waals surface area contributed by atoms with Crippen LogP contribution in [0.3, 0.4) is 0 Å². The number of rotatable bonds is 5. The molecule has 0 saturated heterocycles. The Labute approximate surface area is 152 Å². The van der Waals surface area contributed by atoms with Crippen LogP contribution >= 0.6 is 23.2 Å². The quantitative estimate of drug-likeness (QED) is 0.593. The smallest absolute Gasteiger partial charge is 0.416 e. The Hall–Kier alpha value is -1.92. The Bertz CT molecular complexity index is 776. The fourth-order valence-corrected chi connectivity index (χ4v) is 2.46. The minimum absolute atomic E-state index is 0.0795. The first kappa shape index (κ1) is 19.4. The molecule has 0 aliphatic rings. The fourth-order valence-electron chi connectivity index (χ4n) is 2.03. The van der Waals surface area contributed by atoms with E-state index in [1.54, 1.807) is 18.2 Å². The van der Waals surface area contributed by atoms with Crippen molar-refractivity contribution >= 4 is 29.2 Å². The summed E-state index contributed by atoms with van der Waals surface area (Å²) in [5.74, 6) is 0.0370. The molecule has 0 spiro atoms. The summed E-state index contributed by atoms with van der Waals surface area (Å²) in [7, 11) is 1.29. The van der Waals surface area contributed by atoms with Crippen LogP contribution in [0.2, 0.25) is 10.0 Å². The van der Waals surface area contributed by atoms with Gasteiger partial charge in [0.1, 0.15) is 11.5 Å². The van der Waals surface area contributed by atoms with Crippen LogP contribution in [0.15, 0.2) is 36.4 Å². The molecule has 0 bridgehead atoms. The molecule has 25 heavy (non-hydrogen) atoms. The Morgan fingerprint density at radius 1 is 1.08 bits per heavy atom. The number of methoxy groups -OCH3 is 1. The molecular weight excluding hydrogens is 380 g/mol. The normalized spacial score (nSPS) is 11.3. The van der Waals surface area contributed by atoms with Gasteiger partial charge >= 0.3 is 12.1 Å². The second kappa shape index (κ2) is 7.97. The van der Waals surface area contributed by atoms with Crippen molar-refractivity contribution in [1.82, 2.24) is 0 Å². The van der Waals surface area contributed by atoms with E-state index >= 15 is 0 Å². The molecule has 0 heterocycles. The molecule has 8 heteroatoms. The molecule has 2 aromatic carbocycles. The Morgan fingerprint density at radius 3 is 2.40 bits per heavy atom. The molecule has 2 rings (SSSR count). The highest BCUT2D eigenvalue weighted by Crippen LogP contribution is 2.37. The second-order valence-corrected chi connectivity index (χ2v) is 5.89. The molecule has 0 aliphatic heterocycles. The summed E-state index contributed by atoms with van der Waals surface area (Å²) in [5.41, 5.74) is -0.215. The van der Waals surface area contributed by atoms with E-state index in [1.165, 1.54) is 7.11 Å². The van der Waals surface area contributed by atoms with Gasteiger partial charge in [-0.25, -0.2) is 0 Å². The largest absolute Gasteiger partial charge is 0.469 e. The summed E-state index contributed by atoms with van der Waals surface area (Å²) in [5, 5.41) is 0.274. The predicted molar refractivity (Wildman–Crippen MR) is 88.3 cm³/mol. The molecule has 134 valence electrons. The molecule has 2 aromatic rings. The molecule has 0 fully saturated rings. The predicted octanol–water partition coefficient (Wildman–Crippen LogP) is 5.91. The minimum Gasteiger partial charge on any atom is -0.469 e. The summed E-state index contributed by atoms with van der Waals surface area (Å²) >= 11 is 11.9. The summed E-state index contributed by atoms with van der Waals surface area (Å²) in [6.45, 7) is 0. The molecular formula is C17H13Cl2F3O3. The van der Waals surface area contributed by atoms with Gasteiger partial charge in [0.05, 0.1) is 17.7 Å². The number of alkyl halides is 3. The number of esters is 1. The van der Waals surface area contributed by atoms with Gasteiger partial charge in [0.25, 0.3) is 0 Å². The number of benzene rings is 2. The van der Waals surface area contributed by atoms with E-state index in [0.29, 0.717) is 22.8 Å². The monoisotopic (exact) mass is 392 g/mol. The van der Waals surface area contributed by atoms with Gasteiger partial charge in [-0.05, 0) is 48.4 Å². The second-order valence-electron chi connectivity index (χ2n) is 5.07. The van der Waals surface area contributed by atoms with Crippen LogP contribution in [0.4, 0.5) is 13.2 Å². The highest BCUT2D eigenvalue weighted by molar-refractivity contribution is 6.32. The lowest BCUT2D eigenvalue weighted by Gasteiger charge is -2.12. The number of ether oxygens (including phenoxy) is 2. The molecule has 0 saturated carbocycles. The lowest BCUT2D eigenvalue weighted by molar-refractivity contribution is -0.140.